The monoisotopic (exact) mass is 384 g/mol. The molecule has 1 aliphatic heterocycles. The lowest BCUT2D eigenvalue weighted by Gasteiger charge is -2.11. The van der Waals surface area contributed by atoms with Crippen molar-refractivity contribution in [3.05, 3.63) is 22.8 Å². The molecule has 2 aromatic heterocycles. The third kappa shape index (κ3) is 4.55. The van der Waals surface area contributed by atoms with Crippen LogP contribution in [0.15, 0.2) is 0 Å². The van der Waals surface area contributed by atoms with E-state index in [2.05, 4.69) is 25.7 Å². The molecule has 10 heteroatoms. The number of aryl methyl sites for hydroxylation is 2. The van der Waals surface area contributed by atoms with Gasteiger partial charge in [0.2, 0.25) is 5.91 Å². The second kappa shape index (κ2) is 7.79. The molecule has 0 aliphatic carbocycles. The number of fused-ring (bicyclic) bond motifs is 1. The molecule has 1 saturated heterocycles. The molecule has 1 unspecified atom stereocenters. The molecule has 1 fully saturated rings. The Morgan fingerprint density at radius 2 is 2.11 bits per heavy atom. The Hall–Kier alpha value is -2.23. The van der Waals surface area contributed by atoms with Gasteiger partial charge >= 0.3 is 6.18 Å². The molecule has 1 amide bonds. The van der Waals surface area contributed by atoms with Crippen molar-refractivity contribution in [2.45, 2.75) is 45.7 Å². The third-order valence-electron chi connectivity index (χ3n) is 4.94. The van der Waals surface area contributed by atoms with Gasteiger partial charge in [0.05, 0.1) is 0 Å². The van der Waals surface area contributed by atoms with Crippen LogP contribution in [-0.4, -0.2) is 45.1 Å². The summed E-state index contributed by atoms with van der Waals surface area (Å²) in [6, 6.07) is 0. The van der Waals surface area contributed by atoms with E-state index in [1.165, 1.54) is 0 Å². The lowest BCUT2D eigenvalue weighted by Crippen LogP contribution is -2.26. The number of halogens is 3. The lowest BCUT2D eigenvalue weighted by atomic mass is 10.0. The molecule has 0 saturated carbocycles. The van der Waals surface area contributed by atoms with Crippen LogP contribution in [-0.2, 0) is 17.4 Å². The topological polar surface area (TPSA) is 84.2 Å². The summed E-state index contributed by atoms with van der Waals surface area (Å²) in [5.74, 6) is -0.768. The molecule has 0 aromatic carbocycles. The van der Waals surface area contributed by atoms with Crippen molar-refractivity contribution < 1.29 is 18.0 Å². The van der Waals surface area contributed by atoms with E-state index in [-0.39, 0.29) is 18.1 Å². The van der Waals surface area contributed by atoms with Crippen LogP contribution in [0.5, 0.6) is 0 Å². The Labute approximate surface area is 154 Å². The fourth-order valence-electron chi connectivity index (χ4n) is 3.39. The van der Waals surface area contributed by atoms with E-state index < -0.39 is 12.0 Å². The Kier molecular flexibility index (Phi) is 5.64. The summed E-state index contributed by atoms with van der Waals surface area (Å²) in [6.07, 6.45) is -1.90. The molecule has 1 atom stereocenters. The Morgan fingerprint density at radius 3 is 2.78 bits per heavy atom. The van der Waals surface area contributed by atoms with Crippen LogP contribution in [0.1, 0.15) is 42.0 Å². The zero-order valence-corrected chi connectivity index (χ0v) is 15.4. The average molecular weight is 384 g/mol. The van der Waals surface area contributed by atoms with E-state index in [1.54, 1.807) is 13.8 Å². The SMILES string of the molecule is Cc1nc2nc(C(F)(F)F)nn2c(C)c1CCC(=O)NCCC1CCNC1. The van der Waals surface area contributed by atoms with Gasteiger partial charge in [-0.25, -0.2) is 9.50 Å². The summed E-state index contributed by atoms with van der Waals surface area (Å²) >= 11 is 0. The van der Waals surface area contributed by atoms with Gasteiger partial charge in [0.25, 0.3) is 11.6 Å². The van der Waals surface area contributed by atoms with E-state index in [1.807, 2.05) is 0 Å². The molecule has 148 valence electrons. The fourth-order valence-corrected chi connectivity index (χ4v) is 3.39. The van der Waals surface area contributed by atoms with Gasteiger partial charge in [0.15, 0.2) is 0 Å². The molecular formula is C17H23F3N6O. The van der Waals surface area contributed by atoms with Crippen LogP contribution < -0.4 is 10.6 Å². The van der Waals surface area contributed by atoms with Gasteiger partial charge in [0, 0.05) is 24.4 Å². The van der Waals surface area contributed by atoms with Gasteiger partial charge in [-0.2, -0.15) is 18.2 Å². The van der Waals surface area contributed by atoms with Gasteiger partial charge in [-0.1, -0.05) is 0 Å². The van der Waals surface area contributed by atoms with E-state index in [0.29, 0.717) is 30.3 Å². The maximum absolute atomic E-state index is 12.8. The van der Waals surface area contributed by atoms with Crippen molar-refractivity contribution in [3.63, 3.8) is 0 Å². The van der Waals surface area contributed by atoms with Crippen molar-refractivity contribution >= 4 is 11.7 Å². The first-order valence-electron chi connectivity index (χ1n) is 9.03. The normalized spacial score (nSPS) is 17.6. The first kappa shape index (κ1) is 19.5. The Bertz CT molecular complexity index is 826. The predicted octanol–water partition coefficient (Wildman–Crippen LogP) is 1.81. The van der Waals surface area contributed by atoms with Gasteiger partial charge in [0.1, 0.15) is 0 Å². The molecule has 3 heterocycles. The molecular weight excluding hydrogens is 361 g/mol. The number of nitrogens with zero attached hydrogens (tertiary/aromatic N) is 4. The standard InChI is InChI=1S/C17H23F3N6O/c1-10-13(3-4-14(27)22-8-6-12-5-7-21-9-12)11(2)26-16(23-10)24-15(25-26)17(18,19)20/h12,21H,3-9H2,1-2H3,(H,22,27). The molecule has 1 aliphatic rings. The zero-order valence-electron chi connectivity index (χ0n) is 15.4. The van der Waals surface area contributed by atoms with E-state index in [4.69, 9.17) is 0 Å². The highest BCUT2D eigenvalue weighted by atomic mass is 19.4. The number of rotatable bonds is 6. The minimum absolute atomic E-state index is 0.0746. The number of nitrogens with one attached hydrogen (secondary N) is 2. The second-order valence-electron chi connectivity index (χ2n) is 6.90. The van der Waals surface area contributed by atoms with Gasteiger partial charge < -0.3 is 10.6 Å². The molecule has 3 rings (SSSR count). The summed E-state index contributed by atoms with van der Waals surface area (Å²) in [7, 11) is 0. The van der Waals surface area contributed by atoms with Crippen molar-refractivity contribution in [3.8, 4) is 0 Å². The first-order chi connectivity index (χ1) is 12.8. The van der Waals surface area contributed by atoms with Crippen LogP contribution >= 0.6 is 0 Å². The average Bonchev–Trinajstić information content (AvgIpc) is 3.23. The number of aromatic nitrogens is 4. The summed E-state index contributed by atoms with van der Waals surface area (Å²) < 4.78 is 39.6. The lowest BCUT2D eigenvalue weighted by molar-refractivity contribution is -0.144. The number of carbonyl (C=O) groups is 1. The molecule has 0 spiro atoms. The number of carbonyl (C=O) groups excluding carboxylic acids is 1. The minimum atomic E-state index is -4.62. The highest BCUT2D eigenvalue weighted by Crippen LogP contribution is 2.27. The van der Waals surface area contributed by atoms with E-state index in [9.17, 15) is 18.0 Å². The summed E-state index contributed by atoms with van der Waals surface area (Å²) in [6.45, 7) is 6.04. The minimum Gasteiger partial charge on any atom is -0.356 e. The summed E-state index contributed by atoms with van der Waals surface area (Å²) in [5.41, 5.74) is 1.80. The summed E-state index contributed by atoms with van der Waals surface area (Å²) in [4.78, 5) is 19.6. The highest BCUT2D eigenvalue weighted by molar-refractivity contribution is 5.76. The number of alkyl halides is 3. The zero-order chi connectivity index (χ0) is 19.6. The third-order valence-corrected chi connectivity index (χ3v) is 4.94. The van der Waals surface area contributed by atoms with Crippen molar-refractivity contribution in [1.29, 1.82) is 0 Å². The number of amides is 1. The quantitative estimate of drug-likeness (QED) is 0.794. The van der Waals surface area contributed by atoms with Crippen LogP contribution in [0.2, 0.25) is 0 Å². The number of hydrogen-bond donors (Lipinski definition) is 2. The van der Waals surface area contributed by atoms with Gasteiger partial charge in [-0.05, 0) is 57.7 Å². The van der Waals surface area contributed by atoms with Crippen LogP contribution in [0.3, 0.4) is 0 Å². The molecule has 27 heavy (non-hydrogen) atoms. The Morgan fingerprint density at radius 1 is 1.33 bits per heavy atom. The molecule has 7 nitrogen and oxygen atoms in total. The second-order valence-corrected chi connectivity index (χ2v) is 6.90. The van der Waals surface area contributed by atoms with Crippen molar-refractivity contribution in [2.75, 3.05) is 19.6 Å². The summed E-state index contributed by atoms with van der Waals surface area (Å²) in [5, 5.41) is 9.72. The van der Waals surface area contributed by atoms with Crippen LogP contribution in [0, 0.1) is 19.8 Å². The van der Waals surface area contributed by atoms with Crippen molar-refractivity contribution in [2.24, 2.45) is 5.92 Å². The highest BCUT2D eigenvalue weighted by Gasteiger charge is 2.36. The van der Waals surface area contributed by atoms with Crippen LogP contribution in [0.4, 0.5) is 13.2 Å². The molecule has 2 aromatic rings. The Balaban J connectivity index is 1.62. The maximum atomic E-state index is 12.8. The van der Waals surface area contributed by atoms with Crippen LogP contribution in [0.25, 0.3) is 5.78 Å². The van der Waals surface area contributed by atoms with E-state index in [0.717, 1.165) is 36.0 Å². The molecule has 2 N–H and O–H groups in total. The van der Waals surface area contributed by atoms with Gasteiger partial charge in [-0.15, -0.1) is 5.10 Å². The predicted molar refractivity (Wildman–Crippen MR) is 92.2 cm³/mol. The van der Waals surface area contributed by atoms with E-state index >= 15 is 0 Å². The fraction of sp³-hybridized carbons (Fsp3) is 0.647. The van der Waals surface area contributed by atoms with Crippen molar-refractivity contribution in [1.82, 2.24) is 30.2 Å². The molecule has 0 radical (unpaired) electrons. The smallest absolute Gasteiger partial charge is 0.356 e. The molecule has 0 bridgehead atoms. The largest absolute Gasteiger partial charge is 0.453 e. The number of hydrogen-bond acceptors (Lipinski definition) is 5. The van der Waals surface area contributed by atoms with Gasteiger partial charge in [-0.3, -0.25) is 4.79 Å². The maximum Gasteiger partial charge on any atom is 0.453 e. The first-order valence-corrected chi connectivity index (χ1v) is 9.03.